The maximum Gasteiger partial charge on any atom is 0.245 e. The molecule has 0 aliphatic carbocycles. The van der Waals surface area contributed by atoms with Gasteiger partial charge >= 0.3 is 0 Å². The summed E-state index contributed by atoms with van der Waals surface area (Å²) in [6.07, 6.45) is 2.03. The molecule has 1 heterocycles. The molecule has 4 aromatic carbocycles. The quantitative estimate of drug-likeness (QED) is 0.155. The molecule has 0 spiro atoms. The molecule has 0 bridgehead atoms. The first-order valence-electron chi connectivity index (χ1n) is 14.7. The van der Waals surface area contributed by atoms with Gasteiger partial charge in [0.25, 0.3) is 0 Å². The van der Waals surface area contributed by atoms with Crippen LogP contribution in [-0.4, -0.2) is 23.9 Å². The first-order valence-corrected chi connectivity index (χ1v) is 16.1. The van der Waals surface area contributed by atoms with Gasteiger partial charge in [0.15, 0.2) is 12.1 Å². The third-order valence-corrected chi connectivity index (χ3v) is 9.09. The van der Waals surface area contributed by atoms with Crippen molar-refractivity contribution < 1.29 is 17.5 Å². The van der Waals surface area contributed by atoms with Crippen LogP contribution in [0.15, 0.2) is 102 Å². The van der Waals surface area contributed by atoms with Gasteiger partial charge in [0.1, 0.15) is 26.4 Å². The predicted octanol–water partition coefficient (Wildman–Crippen LogP) is 8.64. The van der Waals surface area contributed by atoms with Crippen molar-refractivity contribution in [1.29, 1.82) is 0 Å². The van der Waals surface area contributed by atoms with Crippen molar-refractivity contribution in [3.05, 3.63) is 125 Å². The van der Waals surface area contributed by atoms with Crippen LogP contribution in [0.1, 0.15) is 99.2 Å². The Balaban J connectivity index is 1.89. The average molecular weight is 581 g/mol. The first kappa shape index (κ1) is 29.7. The molecule has 0 amide bonds. The third-order valence-electron chi connectivity index (χ3n) is 8.20. The van der Waals surface area contributed by atoms with E-state index in [4.69, 9.17) is 0 Å². The van der Waals surface area contributed by atoms with Gasteiger partial charge in [0.2, 0.25) is 6.34 Å². The molecule has 0 fully saturated rings. The standard InChI is InChI=1S/C36H40N2O3S/c1-24(2)29-21-30(25(3)4)36(31(22-29)26(5)6)38-23-37(32-19-13-14-20-33(32)42(39,40)41)34(27-15-9-7-10-16-27)35(38)28-17-11-8-12-18-28/h7-26,34-35H,1-6H3/t34-,35-/m0/s1. The van der Waals surface area contributed by atoms with Gasteiger partial charge in [-0.05, 0) is 35.4 Å². The van der Waals surface area contributed by atoms with Crippen molar-refractivity contribution >= 4 is 27.8 Å². The molecule has 0 radical (unpaired) electrons. The maximum atomic E-state index is 12.5. The molecule has 0 aromatic heterocycles. The number of rotatable bonds is 8. The van der Waals surface area contributed by atoms with Crippen LogP contribution in [-0.2, 0) is 10.1 Å². The second-order valence-corrected chi connectivity index (χ2v) is 13.4. The van der Waals surface area contributed by atoms with E-state index in [2.05, 4.69) is 82.5 Å². The van der Waals surface area contributed by atoms with Gasteiger partial charge in [-0.15, -0.1) is 0 Å². The summed E-state index contributed by atoms with van der Waals surface area (Å²) in [4.78, 5) is 1.77. The molecule has 4 aromatic rings. The minimum Gasteiger partial charge on any atom is -0.744 e. The van der Waals surface area contributed by atoms with E-state index >= 15 is 0 Å². The van der Waals surface area contributed by atoms with Crippen molar-refractivity contribution in [2.45, 2.75) is 76.3 Å². The second kappa shape index (κ2) is 11.9. The molecule has 5 nitrogen and oxygen atoms in total. The number of hydrogen-bond donors (Lipinski definition) is 0. The third kappa shape index (κ3) is 5.66. The Kier molecular flexibility index (Phi) is 8.40. The molecule has 6 heteroatoms. The van der Waals surface area contributed by atoms with Gasteiger partial charge in [0, 0.05) is 22.3 Å². The Morgan fingerprint density at radius 3 is 1.69 bits per heavy atom. The second-order valence-electron chi connectivity index (χ2n) is 12.1. The van der Waals surface area contributed by atoms with Gasteiger partial charge in [-0.2, -0.15) is 0 Å². The molecule has 5 rings (SSSR count). The van der Waals surface area contributed by atoms with Gasteiger partial charge in [-0.1, -0.05) is 126 Å². The summed E-state index contributed by atoms with van der Waals surface area (Å²) in [6, 6.07) is 31.2. The lowest BCUT2D eigenvalue weighted by Gasteiger charge is -2.27. The maximum absolute atomic E-state index is 12.5. The number of hydrogen-bond acceptors (Lipinski definition) is 4. The number of benzene rings is 4. The Hall–Kier alpha value is -3.74. The van der Waals surface area contributed by atoms with Crippen LogP contribution in [0.4, 0.5) is 11.4 Å². The van der Waals surface area contributed by atoms with E-state index in [0.717, 1.165) is 16.8 Å². The predicted molar refractivity (Wildman–Crippen MR) is 170 cm³/mol. The molecule has 0 N–H and O–H groups in total. The van der Waals surface area contributed by atoms with Gasteiger partial charge in [0.05, 0.1) is 0 Å². The summed E-state index contributed by atoms with van der Waals surface area (Å²) in [5, 5.41) is 0. The van der Waals surface area contributed by atoms with E-state index in [9.17, 15) is 13.0 Å². The highest BCUT2D eigenvalue weighted by Gasteiger charge is 2.48. The topological polar surface area (TPSA) is 63.5 Å². The minimum atomic E-state index is -4.73. The highest BCUT2D eigenvalue weighted by molar-refractivity contribution is 7.86. The fourth-order valence-electron chi connectivity index (χ4n) is 6.07. The van der Waals surface area contributed by atoms with Crippen LogP contribution >= 0.6 is 0 Å². The van der Waals surface area contributed by atoms with Crippen LogP contribution in [0, 0.1) is 0 Å². The van der Waals surface area contributed by atoms with Crippen molar-refractivity contribution in [2.24, 2.45) is 0 Å². The molecule has 2 atom stereocenters. The summed E-state index contributed by atoms with van der Waals surface area (Å²) < 4.78 is 39.9. The first-order chi connectivity index (χ1) is 20.0. The fourth-order valence-corrected chi connectivity index (χ4v) is 6.75. The molecule has 0 saturated heterocycles. The zero-order valence-electron chi connectivity index (χ0n) is 25.2. The minimum absolute atomic E-state index is 0.198. The van der Waals surface area contributed by atoms with Gasteiger partial charge < -0.3 is 4.55 Å². The fraction of sp³-hybridized carbons (Fsp3) is 0.306. The molecular formula is C36H40N2O3S. The summed E-state index contributed by atoms with van der Waals surface area (Å²) in [7, 11) is -4.73. The van der Waals surface area contributed by atoms with Crippen LogP contribution in [0.3, 0.4) is 0 Å². The Morgan fingerprint density at radius 2 is 1.19 bits per heavy atom. The van der Waals surface area contributed by atoms with E-state index in [0.29, 0.717) is 11.6 Å². The summed E-state index contributed by atoms with van der Waals surface area (Å²) in [6.45, 7) is 13.4. The van der Waals surface area contributed by atoms with Crippen LogP contribution in [0.2, 0.25) is 0 Å². The lowest BCUT2D eigenvalue weighted by molar-refractivity contribution is -0.482. The number of nitrogens with zero attached hydrogens (tertiary/aromatic N) is 2. The zero-order valence-corrected chi connectivity index (χ0v) is 26.0. The Morgan fingerprint density at radius 1 is 0.690 bits per heavy atom. The van der Waals surface area contributed by atoms with Crippen molar-refractivity contribution in [1.82, 2.24) is 0 Å². The van der Waals surface area contributed by atoms with Crippen molar-refractivity contribution in [3.63, 3.8) is 0 Å². The van der Waals surface area contributed by atoms with E-state index in [1.54, 1.807) is 18.2 Å². The molecule has 1 aliphatic heterocycles. The Labute approximate surface area is 250 Å². The smallest absolute Gasteiger partial charge is 0.245 e. The molecule has 218 valence electrons. The highest BCUT2D eigenvalue weighted by atomic mass is 32.2. The lowest BCUT2D eigenvalue weighted by Crippen LogP contribution is -2.27. The van der Waals surface area contributed by atoms with Gasteiger partial charge in [-0.3, -0.25) is 0 Å². The molecule has 1 aliphatic rings. The lowest BCUT2D eigenvalue weighted by atomic mass is 9.86. The van der Waals surface area contributed by atoms with Gasteiger partial charge in [-0.25, -0.2) is 17.9 Å². The van der Waals surface area contributed by atoms with Crippen molar-refractivity contribution in [3.8, 4) is 0 Å². The molecule has 0 unspecified atom stereocenters. The number of anilines is 1. The highest BCUT2D eigenvalue weighted by Crippen LogP contribution is 2.49. The van der Waals surface area contributed by atoms with Crippen molar-refractivity contribution in [2.75, 3.05) is 4.90 Å². The normalized spacial score (nSPS) is 17.4. The molecule has 42 heavy (non-hydrogen) atoms. The van der Waals surface area contributed by atoms with E-state index in [1.807, 2.05) is 47.6 Å². The number of para-hydroxylation sites is 1. The van der Waals surface area contributed by atoms with E-state index in [1.165, 1.54) is 22.8 Å². The van der Waals surface area contributed by atoms with Crippen LogP contribution < -0.4 is 4.90 Å². The SMILES string of the molecule is CC(C)c1cc(C(C)C)c([N+]2=CN(c3ccccc3S(=O)(=O)[O-])[C@@H](c3ccccc3)[C@@H]2c2ccccc2)c(C(C)C)c1. The summed E-state index contributed by atoms with van der Waals surface area (Å²) in [5.74, 6) is 0.878. The largest absolute Gasteiger partial charge is 0.744 e. The van der Waals surface area contributed by atoms with E-state index < -0.39 is 10.1 Å². The monoisotopic (exact) mass is 580 g/mol. The zero-order chi connectivity index (χ0) is 30.2. The van der Waals surface area contributed by atoms with E-state index in [-0.39, 0.29) is 28.8 Å². The summed E-state index contributed by atoms with van der Waals surface area (Å²) >= 11 is 0. The van der Waals surface area contributed by atoms with Crippen LogP contribution in [0.5, 0.6) is 0 Å². The molecule has 0 saturated carbocycles. The summed E-state index contributed by atoms with van der Waals surface area (Å²) in [5.41, 5.74) is 7.45. The average Bonchev–Trinajstić information content (AvgIpc) is 3.37. The Bertz CT molecular complexity index is 1670. The van der Waals surface area contributed by atoms with Crippen LogP contribution in [0.25, 0.3) is 0 Å². The molecular weight excluding hydrogens is 540 g/mol.